The molecule has 2 aromatic carbocycles. The van der Waals surface area contributed by atoms with Crippen molar-refractivity contribution in [3.8, 4) is 0 Å². The molecule has 0 radical (unpaired) electrons. The highest BCUT2D eigenvalue weighted by atomic mass is 16.3. The molecule has 3 heteroatoms. The van der Waals surface area contributed by atoms with E-state index in [0.717, 1.165) is 12.2 Å². The Morgan fingerprint density at radius 1 is 0.773 bits per heavy atom. The van der Waals surface area contributed by atoms with Gasteiger partial charge in [0.2, 0.25) is 5.78 Å². The van der Waals surface area contributed by atoms with Crippen LogP contribution in [-0.2, 0) is 16.0 Å². The Hall–Kier alpha value is -2.49. The number of rotatable bonds is 6. The Labute approximate surface area is 129 Å². The molecule has 2 atom stereocenters. The van der Waals surface area contributed by atoms with Crippen molar-refractivity contribution in [2.24, 2.45) is 0 Å². The molecule has 22 heavy (non-hydrogen) atoms. The van der Waals surface area contributed by atoms with E-state index in [1.165, 1.54) is 0 Å². The van der Waals surface area contributed by atoms with E-state index in [-0.39, 0.29) is 0 Å². The first-order chi connectivity index (χ1) is 10.5. The van der Waals surface area contributed by atoms with Gasteiger partial charge in [-0.25, -0.2) is 0 Å². The molecule has 112 valence electrons. The van der Waals surface area contributed by atoms with Gasteiger partial charge >= 0.3 is 0 Å². The van der Waals surface area contributed by atoms with Gasteiger partial charge in [-0.15, -0.1) is 0 Å². The first-order valence-electron chi connectivity index (χ1n) is 6.87. The zero-order valence-electron chi connectivity index (χ0n) is 12.1. The molecule has 0 amide bonds. The first kappa shape index (κ1) is 15.9. The van der Waals surface area contributed by atoms with Crippen LogP contribution in [0.15, 0.2) is 86.0 Å². The standard InChI is InChI=1S/C19H18O3/c1-3-18(21,15-11-7-5-8-12-15)17(20)19(22,4-2)16-13-9-6-10-14-16/h3-14,21-22H,1-2H2. The zero-order chi connectivity index (χ0) is 16.2. The fourth-order valence-corrected chi connectivity index (χ4v) is 2.36. The van der Waals surface area contributed by atoms with Crippen molar-refractivity contribution in [3.63, 3.8) is 0 Å². The van der Waals surface area contributed by atoms with Gasteiger partial charge in [0.05, 0.1) is 0 Å². The van der Waals surface area contributed by atoms with Crippen LogP contribution in [0.5, 0.6) is 0 Å². The molecule has 0 saturated heterocycles. The average molecular weight is 294 g/mol. The van der Waals surface area contributed by atoms with Crippen molar-refractivity contribution in [1.82, 2.24) is 0 Å². The molecule has 0 saturated carbocycles. The maximum absolute atomic E-state index is 12.9. The third kappa shape index (κ3) is 2.52. The van der Waals surface area contributed by atoms with Crippen molar-refractivity contribution >= 4 is 5.78 Å². The number of Topliss-reactive ketones (excluding diaryl/α,β-unsaturated/α-hetero) is 1. The molecular weight excluding hydrogens is 276 g/mol. The van der Waals surface area contributed by atoms with Gasteiger partial charge in [0.15, 0.2) is 11.2 Å². The lowest BCUT2D eigenvalue weighted by Crippen LogP contribution is -2.47. The lowest BCUT2D eigenvalue weighted by molar-refractivity contribution is -0.149. The molecule has 0 fully saturated rings. The van der Waals surface area contributed by atoms with Crippen molar-refractivity contribution in [3.05, 3.63) is 97.1 Å². The van der Waals surface area contributed by atoms with Crippen LogP contribution in [-0.4, -0.2) is 16.0 Å². The predicted octanol–water partition coefficient (Wildman–Crippen LogP) is 2.70. The molecule has 0 aromatic heterocycles. The van der Waals surface area contributed by atoms with E-state index < -0.39 is 17.0 Å². The fourth-order valence-electron chi connectivity index (χ4n) is 2.36. The molecule has 0 aliphatic rings. The number of carbonyl (C=O) groups is 1. The van der Waals surface area contributed by atoms with E-state index in [4.69, 9.17) is 0 Å². The van der Waals surface area contributed by atoms with Gasteiger partial charge in [-0.1, -0.05) is 73.8 Å². The molecular formula is C19H18O3. The molecule has 2 N–H and O–H groups in total. The van der Waals surface area contributed by atoms with Gasteiger partial charge in [0.25, 0.3) is 0 Å². The van der Waals surface area contributed by atoms with E-state index in [0.29, 0.717) is 11.1 Å². The van der Waals surface area contributed by atoms with E-state index in [1.54, 1.807) is 60.7 Å². The molecule has 0 aliphatic heterocycles. The highest BCUT2D eigenvalue weighted by Crippen LogP contribution is 2.34. The van der Waals surface area contributed by atoms with E-state index in [9.17, 15) is 15.0 Å². The summed E-state index contributed by atoms with van der Waals surface area (Å²) in [5.74, 6) is -0.817. The van der Waals surface area contributed by atoms with Crippen LogP contribution in [0.25, 0.3) is 0 Å². The molecule has 0 bridgehead atoms. The van der Waals surface area contributed by atoms with Gasteiger partial charge in [-0.05, 0) is 23.3 Å². The number of hydrogen-bond acceptors (Lipinski definition) is 3. The number of carbonyl (C=O) groups excluding carboxylic acids is 1. The van der Waals surface area contributed by atoms with Gasteiger partial charge in [0.1, 0.15) is 0 Å². The number of hydrogen-bond donors (Lipinski definition) is 2. The quantitative estimate of drug-likeness (QED) is 0.805. The van der Waals surface area contributed by atoms with Crippen LogP contribution >= 0.6 is 0 Å². The van der Waals surface area contributed by atoms with Crippen LogP contribution in [0.4, 0.5) is 0 Å². The second-order valence-electron chi connectivity index (χ2n) is 5.00. The summed E-state index contributed by atoms with van der Waals surface area (Å²) in [5, 5.41) is 21.6. The minimum atomic E-state index is -2.01. The summed E-state index contributed by atoms with van der Waals surface area (Å²) < 4.78 is 0. The Morgan fingerprint density at radius 2 is 1.09 bits per heavy atom. The topological polar surface area (TPSA) is 57.5 Å². The van der Waals surface area contributed by atoms with Crippen LogP contribution in [0, 0.1) is 0 Å². The lowest BCUT2D eigenvalue weighted by atomic mass is 9.77. The summed E-state index contributed by atoms with van der Waals surface area (Å²) in [6.45, 7) is 7.11. The molecule has 2 rings (SSSR count). The number of benzene rings is 2. The zero-order valence-corrected chi connectivity index (χ0v) is 12.1. The van der Waals surface area contributed by atoms with Crippen LogP contribution in [0.3, 0.4) is 0 Å². The Kier molecular flexibility index (Phi) is 4.40. The summed E-state index contributed by atoms with van der Waals surface area (Å²) in [5.41, 5.74) is -3.35. The molecule has 0 spiro atoms. The normalized spacial score (nSPS) is 16.1. The van der Waals surface area contributed by atoms with Crippen LogP contribution in [0.1, 0.15) is 11.1 Å². The van der Waals surface area contributed by atoms with Crippen molar-refractivity contribution in [2.75, 3.05) is 0 Å². The van der Waals surface area contributed by atoms with E-state index in [1.807, 2.05) is 0 Å². The second kappa shape index (κ2) is 6.10. The van der Waals surface area contributed by atoms with Gasteiger partial charge < -0.3 is 10.2 Å². The molecule has 0 heterocycles. The highest BCUT2D eigenvalue weighted by Gasteiger charge is 2.47. The fraction of sp³-hybridized carbons (Fsp3) is 0.105. The van der Waals surface area contributed by atoms with E-state index >= 15 is 0 Å². The van der Waals surface area contributed by atoms with Gasteiger partial charge in [-0.2, -0.15) is 0 Å². The Bertz CT molecular complexity index is 619. The van der Waals surface area contributed by atoms with E-state index in [2.05, 4.69) is 13.2 Å². The summed E-state index contributed by atoms with van der Waals surface area (Å²) in [4.78, 5) is 12.9. The van der Waals surface area contributed by atoms with Crippen molar-refractivity contribution in [1.29, 1.82) is 0 Å². The van der Waals surface area contributed by atoms with Gasteiger partial charge in [0, 0.05) is 0 Å². The average Bonchev–Trinajstić information content (AvgIpc) is 2.61. The smallest absolute Gasteiger partial charge is 0.212 e. The first-order valence-corrected chi connectivity index (χ1v) is 6.87. The summed E-state index contributed by atoms with van der Waals surface area (Å²) in [6, 6.07) is 16.8. The largest absolute Gasteiger partial charge is 0.374 e. The SMILES string of the molecule is C=CC(O)(C(=O)C(O)(C=C)c1ccccc1)c1ccccc1. The minimum Gasteiger partial charge on any atom is -0.374 e. The number of ketones is 1. The third-order valence-electron chi connectivity index (χ3n) is 3.71. The Morgan fingerprint density at radius 3 is 1.36 bits per heavy atom. The van der Waals surface area contributed by atoms with Gasteiger partial charge in [-0.3, -0.25) is 4.79 Å². The Balaban J connectivity index is 2.56. The molecule has 2 aromatic rings. The van der Waals surface area contributed by atoms with Crippen LogP contribution in [0.2, 0.25) is 0 Å². The summed E-state index contributed by atoms with van der Waals surface area (Å²) >= 11 is 0. The maximum Gasteiger partial charge on any atom is 0.212 e. The second-order valence-corrected chi connectivity index (χ2v) is 5.00. The summed E-state index contributed by atoms with van der Waals surface area (Å²) in [6.07, 6.45) is 2.25. The number of aliphatic hydroxyl groups is 2. The van der Waals surface area contributed by atoms with Crippen LogP contribution < -0.4 is 0 Å². The monoisotopic (exact) mass is 294 g/mol. The third-order valence-corrected chi connectivity index (χ3v) is 3.71. The predicted molar refractivity (Wildman–Crippen MR) is 86.1 cm³/mol. The highest BCUT2D eigenvalue weighted by molar-refractivity contribution is 5.99. The lowest BCUT2D eigenvalue weighted by Gasteiger charge is -2.32. The molecule has 2 unspecified atom stereocenters. The molecule has 3 nitrogen and oxygen atoms in total. The summed E-state index contributed by atoms with van der Waals surface area (Å²) in [7, 11) is 0. The molecule has 0 aliphatic carbocycles. The van der Waals surface area contributed by atoms with Crippen molar-refractivity contribution in [2.45, 2.75) is 11.2 Å². The maximum atomic E-state index is 12.9. The minimum absolute atomic E-state index is 0.339. The van der Waals surface area contributed by atoms with Crippen molar-refractivity contribution < 1.29 is 15.0 Å².